The summed E-state index contributed by atoms with van der Waals surface area (Å²) in [6, 6.07) is 18.4. The maximum atomic E-state index is 12.5. The summed E-state index contributed by atoms with van der Waals surface area (Å²) < 4.78 is 4.81. The van der Waals surface area contributed by atoms with E-state index in [-0.39, 0.29) is 11.6 Å². The van der Waals surface area contributed by atoms with Crippen LogP contribution < -0.4 is 10.6 Å². The van der Waals surface area contributed by atoms with Gasteiger partial charge in [0.25, 0.3) is 5.91 Å². The van der Waals surface area contributed by atoms with E-state index in [9.17, 15) is 9.59 Å². The molecule has 1 heterocycles. The fraction of sp³-hybridized carbons (Fsp3) is 0.182. The van der Waals surface area contributed by atoms with Crippen LogP contribution in [0, 0.1) is 6.92 Å². The van der Waals surface area contributed by atoms with Gasteiger partial charge < -0.3 is 15.4 Å². The number of rotatable bonds is 7. The van der Waals surface area contributed by atoms with E-state index in [4.69, 9.17) is 4.74 Å². The SMILES string of the molecule is COC(=O)c1ccccc1Nc1cc(C(=O)NCCc2ccccc2)nc(C)n1. The highest BCUT2D eigenvalue weighted by molar-refractivity contribution is 5.97. The number of nitrogens with zero attached hydrogens (tertiary/aromatic N) is 2. The smallest absolute Gasteiger partial charge is 0.339 e. The van der Waals surface area contributed by atoms with Crippen molar-refractivity contribution in [3.8, 4) is 0 Å². The lowest BCUT2D eigenvalue weighted by atomic mass is 10.1. The maximum absolute atomic E-state index is 12.5. The molecule has 1 amide bonds. The van der Waals surface area contributed by atoms with Crippen LogP contribution in [0.2, 0.25) is 0 Å². The minimum absolute atomic E-state index is 0.253. The molecule has 3 aromatic rings. The van der Waals surface area contributed by atoms with Crippen molar-refractivity contribution in [2.75, 3.05) is 19.0 Å². The van der Waals surface area contributed by atoms with Crippen molar-refractivity contribution < 1.29 is 14.3 Å². The highest BCUT2D eigenvalue weighted by Crippen LogP contribution is 2.21. The van der Waals surface area contributed by atoms with E-state index in [1.165, 1.54) is 7.11 Å². The summed E-state index contributed by atoms with van der Waals surface area (Å²) in [5.74, 6) is 0.120. The number of ether oxygens (including phenoxy) is 1. The highest BCUT2D eigenvalue weighted by Gasteiger charge is 2.14. The van der Waals surface area contributed by atoms with Crippen LogP contribution in [0.15, 0.2) is 60.7 Å². The van der Waals surface area contributed by atoms with Crippen molar-refractivity contribution in [1.29, 1.82) is 0 Å². The molecule has 0 unspecified atom stereocenters. The van der Waals surface area contributed by atoms with Gasteiger partial charge in [0.2, 0.25) is 0 Å². The molecule has 0 radical (unpaired) electrons. The third kappa shape index (κ3) is 5.38. The molecule has 0 fully saturated rings. The average Bonchev–Trinajstić information content (AvgIpc) is 2.74. The predicted octanol–water partition coefficient (Wildman–Crippen LogP) is 3.29. The molecule has 7 nitrogen and oxygen atoms in total. The molecule has 0 bridgehead atoms. The second-order valence-electron chi connectivity index (χ2n) is 6.34. The first-order valence-corrected chi connectivity index (χ1v) is 9.19. The average molecular weight is 390 g/mol. The molecule has 0 atom stereocenters. The molecule has 0 saturated carbocycles. The molecule has 1 aromatic heterocycles. The molecule has 148 valence electrons. The molecule has 2 N–H and O–H groups in total. The minimum Gasteiger partial charge on any atom is -0.465 e. The zero-order valence-corrected chi connectivity index (χ0v) is 16.3. The van der Waals surface area contributed by atoms with E-state index < -0.39 is 5.97 Å². The number of para-hydroxylation sites is 1. The third-order valence-electron chi connectivity index (χ3n) is 4.21. The number of esters is 1. The lowest BCUT2D eigenvalue weighted by Gasteiger charge is -2.12. The largest absolute Gasteiger partial charge is 0.465 e. The van der Waals surface area contributed by atoms with Crippen molar-refractivity contribution in [2.24, 2.45) is 0 Å². The molecule has 0 aliphatic heterocycles. The Morgan fingerprint density at radius 1 is 1.00 bits per heavy atom. The minimum atomic E-state index is -0.460. The molecule has 0 aliphatic carbocycles. The first-order valence-electron chi connectivity index (χ1n) is 9.19. The van der Waals surface area contributed by atoms with Gasteiger partial charge in [0.15, 0.2) is 0 Å². The summed E-state index contributed by atoms with van der Waals surface area (Å²) in [7, 11) is 1.33. The maximum Gasteiger partial charge on any atom is 0.339 e. The normalized spacial score (nSPS) is 10.3. The van der Waals surface area contributed by atoms with Gasteiger partial charge in [-0.15, -0.1) is 0 Å². The van der Waals surface area contributed by atoms with E-state index in [1.807, 2.05) is 30.3 Å². The van der Waals surface area contributed by atoms with Crippen LogP contribution in [0.5, 0.6) is 0 Å². The number of carbonyl (C=O) groups excluding carboxylic acids is 2. The topological polar surface area (TPSA) is 93.2 Å². The Balaban J connectivity index is 1.71. The zero-order chi connectivity index (χ0) is 20.6. The van der Waals surface area contributed by atoms with Gasteiger partial charge in [0, 0.05) is 12.6 Å². The second kappa shape index (κ2) is 9.45. The summed E-state index contributed by atoms with van der Waals surface area (Å²) in [4.78, 5) is 33.0. The molecule has 0 spiro atoms. The predicted molar refractivity (Wildman–Crippen MR) is 110 cm³/mol. The Kier molecular flexibility index (Phi) is 6.52. The molecule has 3 rings (SSSR count). The number of hydrogen-bond acceptors (Lipinski definition) is 6. The van der Waals surface area contributed by atoms with Crippen LogP contribution in [0.25, 0.3) is 0 Å². The standard InChI is InChI=1S/C22H22N4O3/c1-15-24-19(21(27)23-13-12-16-8-4-3-5-9-16)14-20(25-15)26-18-11-7-6-10-17(18)22(28)29-2/h3-11,14H,12-13H2,1-2H3,(H,23,27)(H,24,25,26). The number of carbonyl (C=O) groups is 2. The van der Waals surface area contributed by atoms with Gasteiger partial charge in [-0.25, -0.2) is 14.8 Å². The van der Waals surface area contributed by atoms with Crippen LogP contribution in [0.1, 0.15) is 32.2 Å². The fourth-order valence-corrected chi connectivity index (χ4v) is 2.82. The van der Waals surface area contributed by atoms with Crippen LogP contribution >= 0.6 is 0 Å². The van der Waals surface area contributed by atoms with Gasteiger partial charge in [0.1, 0.15) is 17.3 Å². The van der Waals surface area contributed by atoms with Crippen molar-refractivity contribution in [1.82, 2.24) is 15.3 Å². The van der Waals surface area contributed by atoms with Crippen molar-refractivity contribution >= 4 is 23.4 Å². The fourth-order valence-electron chi connectivity index (χ4n) is 2.82. The summed E-state index contributed by atoms with van der Waals surface area (Å²) in [6.07, 6.45) is 0.730. The third-order valence-corrected chi connectivity index (χ3v) is 4.21. The van der Waals surface area contributed by atoms with Crippen LogP contribution in [0.4, 0.5) is 11.5 Å². The Hall–Kier alpha value is -3.74. The van der Waals surface area contributed by atoms with Crippen LogP contribution in [-0.2, 0) is 11.2 Å². The number of hydrogen-bond donors (Lipinski definition) is 2. The van der Waals surface area contributed by atoms with Gasteiger partial charge in [-0.1, -0.05) is 42.5 Å². The van der Waals surface area contributed by atoms with Gasteiger partial charge in [-0.05, 0) is 31.0 Å². The van der Waals surface area contributed by atoms with E-state index >= 15 is 0 Å². The van der Waals surface area contributed by atoms with Gasteiger partial charge in [0.05, 0.1) is 18.4 Å². The quantitative estimate of drug-likeness (QED) is 0.602. The molecule has 7 heteroatoms. The van der Waals surface area contributed by atoms with Gasteiger partial charge in [-0.3, -0.25) is 4.79 Å². The van der Waals surface area contributed by atoms with E-state index in [1.54, 1.807) is 37.3 Å². The summed E-state index contributed by atoms with van der Waals surface area (Å²) >= 11 is 0. The Labute approximate surface area is 169 Å². The van der Waals surface area contributed by atoms with Crippen molar-refractivity contribution in [3.05, 3.63) is 83.3 Å². The molecule has 0 aliphatic rings. The molecule has 0 saturated heterocycles. The van der Waals surface area contributed by atoms with E-state index in [0.29, 0.717) is 29.4 Å². The number of amides is 1. The lowest BCUT2D eigenvalue weighted by molar-refractivity contribution is 0.0601. The summed E-state index contributed by atoms with van der Waals surface area (Å²) in [5.41, 5.74) is 2.31. The first kappa shape index (κ1) is 20.0. The van der Waals surface area contributed by atoms with Crippen molar-refractivity contribution in [2.45, 2.75) is 13.3 Å². The first-order chi connectivity index (χ1) is 14.1. The number of anilines is 2. The Bertz CT molecular complexity index is 1010. The van der Waals surface area contributed by atoms with E-state index in [0.717, 1.165) is 12.0 Å². The zero-order valence-electron chi connectivity index (χ0n) is 16.3. The molecular formula is C22H22N4O3. The van der Waals surface area contributed by atoms with Gasteiger partial charge in [-0.2, -0.15) is 0 Å². The molecule has 29 heavy (non-hydrogen) atoms. The van der Waals surface area contributed by atoms with Gasteiger partial charge >= 0.3 is 5.97 Å². The number of aromatic nitrogens is 2. The number of methoxy groups -OCH3 is 1. The van der Waals surface area contributed by atoms with Crippen LogP contribution in [-0.4, -0.2) is 35.5 Å². The number of benzene rings is 2. The monoisotopic (exact) mass is 390 g/mol. The Morgan fingerprint density at radius 3 is 2.48 bits per heavy atom. The lowest BCUT2D eigenvalue weighted by Crippen LogP contribution is -2.27. The Morgan fingerprint density at radius 2 is 1.72 bits per heavy atom. The van der Waals surface area contributed by atoms with E-state index in [2.05, 4.69) is 20.6 Å². The number of aryl methyl sites for hydroxylation is 1. The highest BCUT2D eigenvalue weighted by atomic mass is 16.5. The molecular weight excluding hydrogens is 368 g/mol. The molecule has 2 aromatic carbocycles. The second-order valence-corrected chi connectivity index (χ2v) is 6.34. The number of nitrogens with one attached hydrogen (secondary N) is 2. The summed E-state index contributed by atoms with van der Waals surface area (Å²) in [6.45, 7) is 2.21. The van der Waals surface area contributed by atoms with Crippen LogP contribution in [0.3, 0.4) is 0 Å². The van der Waals surface area contributed by atoms with Crippen molar-refractivity contribution in [3.63, 3.8) is 0 Å². The summed E-state index contributed by atoms with van der Waals surface area (Å²) in [5, 5.41) is 5.95.